The van der Waals surface area contributed by atoms with Gasteiger partial charge < -0.3 is 10.1 Å². The summed E-state index contributed by atoms with van der Waals surface area (Å²) in [5, 5.41) is 6.80. The number of aliphatic imine (C=N–C) groups is 1. The smallest absolute Gasteiger partial charge is 0.138 e. The van der Waals surface area contributed by atoms with Gasteiger partial charge in [0.1, 0.15) is 11.6 Å². The SMILES string of the molecule is CCCOc1c(C2=NCCN2)cc2ccccc2c1-c1ccc(Cl)cc1Cl. The molecule has 0 fully saturated rings. The van der Waals surface area contributed by atoms with E-state index in [1.165, 1.54) is 0 Å². The second-order valence-electron chi connectivity index (χ2n) is 6.48. The summed E-state index contributed by atoms with van der Waals surface area (Å²) in [6.07, 6.45) is 0.917. The molecule has 0 spiro atoms. The van der Waals surface area contributed by atoms with Gasteiger partial charge in [-0.3, -0.25) is 4.99 Å². The average molecular weight is 399 g/mol. The Morgan fingerprint density at radius 3 is 2.67 bits per heavy atom. The topological polar surface area (TPSA) is 33.6 Å². The van der Waals surface area contributed by atoms with Crippen molar-refractivity contribution >= 4 is 39.8 Å². The van der Waals surface area contributed by atoms with Crippen LogP contribution < -0.4 is 10.1 Å². The molecular formula is C22H20Cl2N2O. The number of hydrogen-bond donors (Lipinski definition) is 1. The van der Waals surface area contributed by atoms with Crippen molar-refractivity contribution in [2.75, 3.05) is 19.7 Å². The van der Waals surface area contributed by atoms with Gasteiger partial charge in [0.2, 0.25) is 0 Å². The fraction of sp³-hybridized carbons (Fsp3) is 0.227. The van der Waals surface area contributed by atoms with Crippen molar-refractivity contribution in [1.82, 2.24) is 5.32 Å². The standard InChI is InChI=1S/C22H20Cl2N2O/c1-2-11-27-21-18(22-25-9-10-26-22)12-14-5-3-4-6-16(14)20(21)17-8-7-15(23)13-19(17)24/h3-8,12-13H,2,9-11H2,1H3,(H,25,26). The van der Waals surface area contributed by atoms with Gasteiger partial charge in [-0.25, -0.2) is 0 Å². The number of halogens is 2. The number of benzene rings is 3. The number of hydrogen-bond acceptors (Lipinski definition) is 3. The second kappa shape index (κ2) is 7.79. The summed E-state index contributed by atoms with van der Waals surface area (Å²) in [7, 11) is 0. The number of ether oxygens (including phenoxy) is 1. The van der Waals surface area contributed by atoms with Gasteiger partial charge in [-0.2, -0.15) is 0 Å². The van der Waals surface area contributed by atoms with Crippen LogP contribution in [-0.4, -0.2) is 25.5 Å². The Balaban J connectivity index is 2.06. The molecule has 1 aliphatic heterocycles. The van der Waals surface area contributed by atoms with E-state index in [0.717, 1.165) is 58.6 Å². The maximum Gasteiger partial charge on any atom is 0.138 e. The van der Waals surface area contributed by atoms with Crippen LogP contribution in [0.15, 0.2) is 53.5 Å². The molecule has 0 saturated heterocycles. The van der Waals surface area contributed by atoms with Crippen molar-refractivity contribution in [3.63, 3.8) is 0 Å². The van der Waals surface area contributed by atoms with E-state index < -0.39 is 0 Å². The molecule has 4 rings (SSSR count). The molecule has 0 radical (unpaired) electrons. The molecule has 1 aliphatic rings. The van der Waals surface area contributed by atoms with E-state index in [-0.39, 0.29) is 0 Å². The number of fused-ring (bicyclic) bond motifs is 1. The zero-order valence-corrected chi connectivity index (χ0v) is 16.6. The van der Waals surface area contributed by atoms with E-state index in [1.807, 2.05) is 24.3 Å². The first-order chi connectivity index (χ1) is 13.2. The van der Waals surface area contributed by atoms with Gasteiger partial charge >= 0.3 is 0 Å². The van der Waals surface area contributed by atoms with E-state index in [2.05, 4.69) is 35.4 Å². The van der Waals surface area contributed by atoms with Crippen molar-refractivity contribution in [1.29, 1.82) is 0 Å². The molecule has 0 amide bonds. The highest BCUT2D eigenvalue weighted by Crippen LogP contribution is 2.43. The molecule has 0 unspecified atom stereocenters. The lowest BCUT2D eigenvalue weighted by atomic mass is 9.93. The van der Waals surface area contributed by atoms with Crippen molar-refractivity contribution < 1.29 is 4.74 Å². The van der Waals surface area contributed by atoms with Crippen LogP contribution in [0.4, 0.5) is 0 Å². The molecular weight excluding hydrogens is 379 g/mol. The molecule has 5 heteroatoms. The van der Waals surface area contributed by atoms with Gasteiger partial charge in [0.25, 0.3) is 0 Å². The van der Waals surface area contributed by atoms with E-state index in [1.54, 1.807) is 6.07 Å². The van der Waals surface area contributed by atoms with Crippen molar-refractivity contribution in [2.45, 2.75) is 13.3 Å². The normalized spacial score (nSPS) is 13.5. The molecule has 3 aromatic carbocycles. The number of rotatable bonds is 5. The number of nitrogens with one attached hydrogen (secondary N) is 1. The third kappa shape index (κ3) is 3.50. The van der Waals surface area contributed by atoms with Crippen molar-refractivity contribution in [2.24, 2.45) is 4.99 Å². The lowest BCUT2D eigenvalue weighted by Crippen LogP contribution is -2.21. The fourth-order valence-electron chi connectivity index (χ4n) is 3.40. The van der Waals surface area contributed by atoms with Gasteiger partial charge in [0.15, 0.2) is 0 Å². The maximum absolute atomic E-state index is 6.60. The van der Waals surface area contributed by atoms with Gasteiger partial charge in [-0.05, 0) is 35.4 Å². The minimum absolute atomic E-state index is 0.604. The predicted octanol–water partition coefficient (Wildman–Crippen LogP) is 5.95. The van der Waals surface area contributed by atoms with Crippen molar-refractivity contribution in [3.8, 4) is 16.9 Å². The van der Waals surface area contributed by atoms with Gasteiger partial charge in [-0.1, -0.05) is 60.5 Å². The Kier molecular flexibility index (Phi) is 5.24. The summed E-state index contributed by atoms with van der Waals surface area (Å²) in [6.45, 7) is 4.33. The molecule has 138 valence electrons. The largest absolute Gasteiger partial charge is 0.492 e. The molecule has 3 aromatic rings. The predicted molar refractivity (Wildman–Crippen MR) is 115 cm³/mol. The molecule has 3 nitrogen and oxygen atoms in total. The summed E-state index contributed by atoms with van der Waals surface area (Å²) in [4.78, 5) is 4.62. The van der Waals surface area contributed by atoms with Crippen LogP contribution in [-0.2, 0) is 0 Å². The number of nitrogens with zero attached hydrogens (tertiary/aromatic N) is 1. The third-order valence-corrected chi connectivity index (χ3v) is 5.13. The molecule has 0 aromatic heterocycles. The second-order valence-corrected chi connectivity index (χ2v) is 7.32. The summed E-state index contributed by atoms with van der Waals surface area (Å²) in [6, 6.07) is 16.0. The average Bonchev–Trinajstić information content (AvgIpc) is 3.20. The van der Waals surface area contributed by atoms with Crippen LogP contribution in [0.1, 0.15) is 18.9 Å². The highest BCUT2D eigenvalue weighted by molar-refractivity contribution is 6.37. The van der Waals surface area contributed by atoms with Crippen LogP contribution in [0, 0.1) is 0 Å². The summed E-state index contributed by atoms with van der Waals surface area (Å²) < 4.78 is 6.27. The van der Waals surface area contributed by atoms with E-state index in [9.17, 15) is 0 Å². The quantitative estimate of drug-likeness (QED) is 0.575. The minimum Gasteiger partial charge on any atom is -0.492 e. The Hall–Kier alpha value is -2.23. The first-order valence-corrected chi connectivity index (χ1v) is 9.87. The Bertz CT molecular complexity index is 1030. The summed E-state index contributed by atoms with van der Waals surface area (Å²) in [5.74, 6) is 1.69. The van der Waals surface area contributed by atoms with Gasteiger partial charge in [0, 0.05) is 22.7 Å². The van der Waals surface area contributed by atoms with Crippen LogP contribution in [0.5, 0.6) is 5.75 Å². The molecule has 0 bridgehead atoms. The fourth-order valence-corrected chi connectivity index (χ4v) is 3.90. The zero-order valence-electron chi connectivity index (χ0n) is 15.1. The summed E-state index contributed by atoms with van der Waals surface area (Å²) >= 11 is 12.7. The minimum atomic E-state index is 0.604. The zero-order chi connectivity index (χ0) is 18.8. The molecule has 0 aliphatic carbocycles. The van der Waals surface area contributed by atoms with E-state index in [4.69, 9.17) is 27.9 Å². The highest BCUT2D eigenvalue weighted by Gasteiger charge is 2.22. The van der Waals surface area contributed by atoms with Crippen LogP contribution in [0.25, 0.3) is 21.9 Å². The Labute approximate surface area is 169 Å². The van der Waals surface area contributed by atoms with Crippen molar-refractivity contribution in [3.05, 3.63) is 64.1 Å². The first kappa shape index (κ1) is 18.1. The van der Waals surface area contributed by atoms with E-state index in [0.29, 0.717) is 16.7 Å². The van der Waals surface area contributed by atoms with Crippen LogP contribution in [0.2, 0.25) is 10.0 Å². The van der Waals surface area contributed by atoms with Crippen LogP contribution in [0.3, 0.4) is 0 Å². The van der Waals surface area contributed by atoms with Gasteiger partial charge in [-0.15, -0.1) is 0 Å². The third-order valence-electron chi connectivity index (χ3n) is 4.58. The lowest BCUT2D eigenvalue weighted by molar-refractivity contribution is 0.318. The van der Waals surface area contributed by atoms with E-state index >= 15 is 0 Å². The Morgan fingerprint density at radius 2 is 1.93 bits per heavy atom. The van der Waals surface area contributed by atoms with Crippen LogP contribution >= 0.6 is 23.2 Å². The van der Waals surface area contributed by atoms with Gasteiger partial charge in [0.05, 0.1) is 23.7 Å². The first-order valence-electron chi connectivity index (χ1n) is 9.11. The molecule has 0 atom stereocenters. The highest BCUT2D eigenvalue weighted by atomic mass is 35.5. The number of amidine groups is 1. The summed E-state index contributed by atoms with van der Waals surface area (Å²) in [5.41, 5.74) is 2.86. The maximum atomic E-state index is 6.60. The molecule has 27 heavy (non-hydrogen) atoms. The molecule has 1 heterocycles. The molecule has 0 saturated carbocycles. The monoisotopic (exact) mass is 398 g/mol. The Morgan fingerprint density at radius 1 is 1.07 bits per heavy atom. The lowest BCUT2D eigenvalue weighted by Gasteiger charge is -2.20. The molecule has 1 N–H and O–H groups in total.